The Labute approximate surface area is 98.7 Å². The molecule has 0 aliphatic heterocycles. The molecule has 88 valence electrons. The molecule has 16 heavy (non-hydrogen) atoms. The van der Waals surface area contributed by atoms with Gasteiger partial charge < -0.3 is 11.1 Å². The Hall–Kier alpha value is -1.24. The number of benzene rings is 1. The quantitative estimate of drug-likeness (QED) is 0.618. The summed E-state index contributed by atoms with van der Waals surface area (Å²) in [5.74, 6) is -0.0761. The molecule has 0 saturated carbocycles. The lowest BCUT2D eigenvalue weighted by Gasteiger charge is -2.14. The summed E-state index contributed by atoms with van der Waals surface area (Å²) in [5, 5.41) is 2.38. The first kappa shape index (κ1) is 12.8. The highest BCUT2D eigenvalue weighted by Gasteiger charge is 2.33. The van der Waals surface area contributed by atoms with Gasteiger partial charge in [0, 0.05) is 11.5 Å². The SMILES string of the molecule is CN=C(N)Nc1ccc(Br)cc1C(F)(F)F. The highest BCUT2D eigenvalue weighted by Crippen LogP contribution is 2.36. The van der Waals surface area contributed by atoms with Crippen LogP contribution >= 0.6 is 15.9 Å². The smallest absolute Gasteiger partial charge is 0.370 e. The molecule has 1 aromatic carbocycles. The number of alkyl halides is 3. The van der Waals surface area contributed by atoms with Gasteiger partial charge in [-0.15, -0.1) is 0 Å². The minimum absolute atomic E-state index is 0.0761. The number of halogens is 4. The van der Waals surface area contributed by atoms with Crippen LogP contribution in [0.25, 0.3) is 0 Å². The Bertz CT molecular complexity index is 415. The summed E-state index contributed by atoms with van der Waals surface area (Å²) in [6, 6.07) is 3.75. The minimum Gasteiger partial charge on any atom is -0.370 e. The van der Waals surface area contributed by atoms with Gasteiger partial charge in [0.05, 0.1) is 11.3 Å². The molecule has 0 spiro atoms. The molecular formula is C9H9BrF3N3. The topological polar surface area (TPSA) is 50.4 Å². The molecule has 0 heterocycles. The first-order chi connectivity index (χ1) is 7.34. The van der Waals surface area contributed by atoms with E-state index in [1.165, 1.54) is 19.2 Å². The van der Waals surface area contributed by atoms with E-state index in [4.69, 9.17) is 5.73 Å². The number of nitrogens with one attached hydrogen (secondary N) is 1. The van der Waals surface area contributed by atoms with Crippen LogP contribution < -0.4 is 11.1 Å². The third-order valence-electron chi connectivity index (χ3n) is 1.79. The zero-order chi connectivity index (χ0) is 12.3. The first-order valence-corrected chi connectivity index (χ1v) is 5.00. The monoisotopic (exact) mass is 295 g/mol. The zero-order valence-electron chi connectivity index (χ0n) is 8.27. The number of hydrogen-bond acceptors (Lipinski definition) is 1. The van der Waals surface area contributed by atoms with E-state index in [2.05, 4.69) is 26.2 Å². The molecular weight excluding hydrogens is 287 g/mol. The van der Waals surface area contributed by atoms with Gasteiger partial charge in [0.25, 0.3) is 0 Å². The second-order valence-corrected chi connectivity index (χ2v) is 3.84. The fourth-order valence-corrected chi connectivity index (χ4v) is 1.41. The predicted octanol–water partition coefficient (Wildman–Crippen LogP) is 2.82. The average molecular weight is 296 g/mol. The van der Waals surface area contributed by atoms with Crippen LogP contribution in [0.2, 0.25) is 0 Å². The second-order valence-electron chi connectivity index (χ2n) is 2.92. The van der Waals surface area contributed by atoms with Gasteiger partial charge in [-0.25, -0.2) is 0 Å². The molecule has 0 bridgehead atoms. The van der Waals surface area contributed by atoms with E-state index in [9.17, 15) is 13.2 Å². The lowest BCUT2D eigenvalue weighted by molar-refractivity contribution is -0.136. The summed E-state index contributed by atoms with van der Waals surface area (Å²) in [7, 11) is 1.38. The van der Waals surface area contributed by atoms with Crippen molar-refractivity contribution in [1.29, 1.82) is 0 Å². The number of guanidine groups is 1. The average Bonchev–Trinajstić information content (AvgIpc) is 2.19. The Morgan fingerprint density at radius 3 is 2.56 bits per heavy atom. The standard InChI is InChI=1S/C9H9BrF3N3/c1-15-8(14)16-7-3-2-5(10)4-6(7)9(11,12)13/h2-4H,1H3,(H3,14,15,16). The molecule has 0 amide bonds. The number of aliphatic imine (C=N–C) groups is 1. The van der Waals surface area contributed by atoms with E-state index in [1.54, 1.807) is 0 Å². The lowest BCUT2D eigenvalue weighted by atomic mass is 10.1. The molecule has 0 saturated heterocycles. The number of anilines is 1. The van der Waals surface area contributed by atoms with Gasteiger partial charge in [-0.05, 0) is 18.2 Å². The fraction of sp³-hybridized carbons (Fsp3) is 0.222. The number of nitrogens with two attached hydrogens (primary N) is 1. The molecule has 0 aliphatic rings. The van der Waals surface area contributed by atoms with E-state index in [0.29, 0.717) is 4.47 Å². The predicted molar refractivity (Wildman–Crippen MR) is 60.3 cm³/mol. The summed E-state index contributed by atoms with van der Waals surface area (Å²) in [5.41, 5.74) is 4.39. The normalized spacial score (nSPS) is 12.7. The molecule has 0 atom stereocenters. The van der Waals surface area contributed by atoms with E-state index < -0.39 is 11.7 Å². The Kier molecular flexibility index (Phi) is 3.79. The van der Waals surface area contributed by atoms with Crippen LogP contribution in [-0.4, -0.2) is 13.0 Å². The van der Waals surface area contributed by atoms with E-state index >= 15 is 0 Å². The molecule has 7 heteroatoms. The minimum atomic E-state index is -4.44. The number of nitrogens with zero attached hydrogens (tertiary/aromatic N) is 1. The maximum Gasteiger partial charge on any atom is 0.418 e. The second kappa shape index (κ2) is 4.73. The molecule has 1 aromatic rings. The Balaban J connectivity index is 3.18. The van der Waals surface area contributed by atoms with Crippen LogP contribution in [0.5, 0.6) is 0 Å². The molecule has 3 N–H and O–H groups in total. The number of rotatable bonds is 1. The van der Waals surface area contributed by atoms with Crippen LogP contribution in [0.3, 0.4) is 0 Å². The van der Waals surface area contributed by atoms with E-state index in [1.807, 2.05) is 0 Å². The van der Waals surface area contributed by atoms with Gasteiger partial charge in [0.2, 0.25) is 0 Å². The van der Waals surface area contributed by atoms with Gasteiger partial charge in [-0.1, -0.05) is 15.9 Å². The lowest BCUT2D eigenvalue weighted by Crippen LogP contribution is -2.24. The zero-order valence-corrected chi connectivity index (χ0v) is 9.85. The third kappa shape index (κ3) is 3.13. The van der Waals surface area contributed by atoms with Gasteiger partial charge in [0.1, 0.15) is 0 Å². The van der Waals surface area contributed by atoms with Crippen molar-refractivity contribution in [1.82, 2.24) is 0 Å². The summed E-state index contributed by atoms with van der Waals surface area (Å²) in [6.07, 6.45) is -4.44. The van der Waals surface area contributed by atoms with Crippen molar-refractivity contribution in [3.05, 3.63) is 28.2 Å². The number of hydrogen-bond donors (Lipinski definition) is 2. The van der Waals surface area contributed by atoms with Crippen molar-refractivity contribution in [2.45, 2.75) is 6.18 Å². The van der Waals surface area contributed by atoms with E-state index in [0.717, 1.165) is 6.07 Å². The van der Waals surface area contributed by atoms with Gasteiger partial charge in [-0.3, -0.25) is 4.99 Å². The largest absolute Gasteiger partial charge is 0.418 e. The summed E-state index contributed by atoms with van der Waals surface area (Å²) < 4.78 is 38.3. The molecule has 3 nitrogen and oxygen atoms in total. The molecule has 0 aromatic heterocycles. The Morgan fingerprint density at radius 1 is 1.44 bits per heavy atom. The molecule has 0 fully saturated rings. The van der Waals surface area contributed by atoms with Crippen molar-refractivity contribution in [3.8, 4) is 0 Å². The summed E-state index contributed by atoms with van der Waals surface area (Å²) >= 11 is 2.98. The van der Waals surface area contributed by atoms with Crippen LogP contribution in [-0.2, 0) is 6.18 Å². The van der Waals surface area contributed by atoms with Crippen molar-refractivity contribution in [2.24, 2.45) is 10.7 Å². The van der Waals surface area contributed by atoms with Gasteiger partial charge >= 0.3 is 6.18 Å². The highest BCUT2D eigenvalue weighted by atomic mass is 79.9. The van der Waals surface area contributed by atoms with Crippen molar-refractivity contribution in [2.75, 3.05) is 12.4 Å². The van der Waals surface area contributed by atoms with Crippen LogP contribution in [0.1, 0.15) is 5.56 Å². The highest BCUT2D eigenvalue weighted by molar-refractivity contribution is 9.10. The van der Waals surface area contributed by atoms with Gasteiger partial charge in [0.15, 0.2) is 5.96 Å². The van der Waals surface area contributed by atoms with Crippen molar-refractivity contribution < 1.29 is 13.2 Å². The molecule has 1 rings (SSSR count). The first-order valence-electron chi connectivity index (χ1n) is 4.20. The van der Waals surface area contributed by atoms with Crippen molar-refractivity contribution >= 4 is 27.6 Å². The van der Waals surface area contributed by atoms with Gasteiger partial charge in [-0.2, -0.15) is 13.2 Å². The fourth-order valence-electron chi connectivity index (χ4n) is 1.05. The molecule has 0 radical (unpaired) electrons. The van der Waals surface area contributed by atoms with Crippen LogP contribution in [0.4, 0.5) is 18.9 Å². The molecule has 0 unspecified atom stereocenters. The van der Waals surface area contributed by atoms with Crippen LogP contribution in [0, 0.1) is 0 Å². The van der Waals surface area contributed by atoms with E-state index in [-0.39, 0.29) is 11.6 Å². The Morgan fingerprint density at radius 2 is 2.06 bits per heavy atom. The van der Waals surface area contributed by atoms with Crippen LogP contribution in [0.15, 0.2) is 27.7 Å². The maximum atomic E-state index is 12.6. The maximum absolute atomic E-state index is 12.6. The van der Waals surface area contributed by atoms with Crippen molar-refractivity contribution in [3.63, 3.8) is 0 Å². The third-order valence-corrected chi connectivity index (χ3v) is 2.28. The molecule has 0 aliphatic carbocycles. The summed E-state index contributed by atoms with van der Waals surface area (Å²) in [4.78, 5) is 3.53. The summed E-state index contributed by atoms with van der Waals surface area (Å²) in [6.45, 7) is 0.